The van der Waals surface area contributed by atoms with Gasteiger partial charge in [0.1, 0.15) is 0 Å². The molecule has 1 aromatic heterocycles. The van der Waals surface area contributed by atoms with E-state index in [1.54, 1.807) is 0 Å². The molecule has 25 heavy (non-hydrogen) atoms. The number of H-pyrrole nitrogens is 1. The van der Waals surface area contributed by atoms with Gasteiger partial charge >= 0.3 is 0 Å². The van der Waals surface area contributed by atoms with Crippen molar-refractivity contribution in [3.8, 4) is 29.0 Å². The minimum absolute atomic E-state index is 0.000975. The van der Waals surface area contributed by atoms with Gasteiger partial charge in [-0.1, -0.05) is 56.3 Å². The zero-order valence-corrected chi connectivity index (χ0v) is 14.3. The Labute approximate surface area is 147 Å². The Hall–Kier alpha value is -3.23. The maximum absolute atomic E-state index is 12.1. The van der Waals surface area contributed by atoms with Crippen LogP contribution in [0.1, 0.15) is 25.0 Å². The fourth-order valence-electron chi connectivity index (χ4n) is 3.04. The van der Waals surface area contributed by atoms with E-state index in [1.807, 2.05) is 56.2 Å². The van der Waals surface area contributed by atoms with Crippen molar-refractivity contribution in [3.63, 3.8) is 0 Å². The van der Waals surface area contributed by atoms with Crippen LogP contribution in [0.25, 0.3) is 22.0 Å². The first-order valence-corrected chi connectivity index (χ1v) is 8.26. The molecule has 2 heteroatoms. The van der Waals surface area contributed by atoms with Crippen molar-refractivity contribution in [1.82, 2.24) is 4.98 Å². The summed E-state index contributed by atoms with van der Waals surface area (Å²) in [5, 5.41) is 1.86. The molecule has 0 bridgehead atoms. The summed E-state index contributed by atoms with van der Waals surface area (Å²) in [5.41, 5.74) is 4.69. The summed E-state index contributed by atoms with van der Waals surface area (Å²) in [7, 11) is 0. The molecule has 3 aromatic rings. The first-order chi connectivity index (χ1) is 12.1. The van der Waals surface area contributed by atoms with E-state index < -0.39 is 0 Å². The van der Waals surface area contributed by atoms with Crippen LogP contribution in [0.5, 0.6) is 0 Å². The predicted octanol–water partition coefficient (Wildman–Crippen LogP) is 4.33. The van der Waals surface area contributed by atoms with Gasteiger partial charge in [-0.2, -0.15) is 0 Å². The number of pyridine rings is 1. The third-order valence-corrected chi connectivity index (χ3v) is 4.11. The molecule has 122 valence electrons. The number of hydrogen-bond donors (Lipinski definition) is 1. The summed E-state index contributed by atoms with van der Waals surface area (Å²) in [5.74, 6) is 7.51. The molecule has 0 spiro atoms. The van der Waals surface area contributed by atoms with Crippen LogP contribution in [0.3, 0.4) is 0 Å². The minimum atomic E-state index is 0.000975. The van der Waals surface area contributed by atoms with E-state index in [9.17, 15) is 4.79 Å². The lowest BCUT2D eigenvalue weighted by molar-refractivity contribution is 0.867. The van der Waals surface area contributed by atoms with Crippen LogP contribution in [0.4, 0.5) is 0 Å². The van der Waals surface area contributed by atoms with Crippen LogP contribution < -0.4 is 5.56 Å². The quantitative estimate of drug-likeness (QED) is 0.379. The molecule has 0 radical (unpaired) electrons. The molecule has 4 rings (SSSR count). The molecule has 2 nitrogen and oxygen atoms in total. The van der Waals surface area contributed by atoms with Crippen molar-refractivity contribution in [3.05, 3.63) is 76.4 Å². The molecule has 1 aliphatic rings. The summed E-state index contributed by atoms with van der Waals surface area (Å²) < 4.78 is 0. The van der Waals surface area contributed by atoms with Gasteiger partial charge in [0.25, 0.3) is 5.56 Å². The van der Waals surface area contributed by atoms with E-state index >= 15 is 0 Å². The van der Waals surface area contributed by atoms with Gasteiger partial charge in [0, 0.05) is 17.4 Å². The van der Waals surface area contributed by atoms with E-state index in [1.165, 1.54) is 11.1 Å². The Bertz CT molecular complexity index is 1080. The second-order valence-electron chi connectivity index (χ2n) is 6.24. The Morgan fingerprint density at radius 2 is 1.72 bits per heavy atom. The Morgan fingerprint density at radius 1 is 1.04 bits per heavy atom. The van der Waals surface area contributed by atoms with Crippen LogP contribution in [-0.2, 0) is 6.42 Å². The average Bonchev–Trinajstić information content (AvgIpc) is 3.00. The minimum Gasteiger partial charge on any atom is -0.358 e. The third-order valence-electron chi connectivity index (χ3n) is 4.11. The summed E-state index contributed by atoms with van der Waals surface area (Å²) in [6.07, 6.45) is 7.28. The molecule has 0 saturated carbocycles. The van der Waals surface area contributed by atoms with Crippen molar-refractivity contribution >= 4 is 10.8 Å². The number of aromatic nitrogens is 1. The summed E-state index contributed by atoms with van der Waals surface area (Å²) in [6.45, 7) is 3.95. The van der Waals surface area contributed by atoms with Crippen molar-refractivity contribution in [2.75, 3.05) is 0 Å². The Morgan fingerprint density at radius 3 is 2.40 bits per heavy atom. The lowest BCUT2D eigenvalue weighted by Gasteiger charge is -2.04. The molecule has 0 fully saturated rings. The van der Waals surface area contributed by atoms with Gasteiger partial charge in [-0.25, -0.2) is 5.92 Å². The van der Waals surface area contributed by atoms with Crippen LogP contribution >= 0.6 is 0 Å². The Kier molecular flexibility index (Phi) is 4.73. The lowest BCUT2D eigenvalue weighted by Crippen LogP contribution is -2.08. The highest BCUT2D eigenvalue weighted by Crippen LogP contribution is 2.37. The van der Waals surface area contributed by atoms with Gasteiger partial charge in [0.05, 0.1) is 5.69 Å². The molecule has 1 N–H and O–H groups in total. The van der Waals surface area contributed by atoms with Gasteiger partial charge in [0.15, 0.2) is 0 Å². The number of nitrogens with one attached hydrogen (secondary N) is 1. The maximum Gasteiger partial charge on any atom is 0.256 e. The molecule has 0 amide bonds. The standard InChI is InChI=1S/C16H11NO.C7H7/c18-16-13-8-4-3-7-12(13)14-9-10-5-1-2-6-11(10)15(14)17-16;1-4-5-6-7(2)3/h1-8H,9H2,(H,17,18);7H,2-3H3/q;-1. The highest BCUT2D eigenvalue weighted by molar-refractivity contribution is 5.92. The first kappa shape index (κ1) is 16.6. The molecule has 2 aromatic carbocycles. The topological polar surface area (TPSA) is 32.9 Å². The van der Waals surface area contributed by atoms with E-state index in [2.05, 4.69) is 29.0 Å². The fraction of sp³-hybridized carbons (Fsp3) is 0.174. The largest absolute Gasteiger partial charge is 0.358 e. The molecular weight excluding hydrogens is 306 g/mol. The molecule has 0 unspecified atom stereocenters. The van der Waals surface area contributed by atoms with E-state index in [-0.39, 0.29) is 5.56 Å². The first-order valence-electron chi connectivity index (χ1n) is 8.26. The van der Waals surface area contributed by atoms with Gasteiger partial charge in [-0.3, -0.25) is 16.6 Å². The normalized spacial score (nSPS) is 10.8. The van der Waals surface area contributed by atoms with Gasteiger partial charge in [-0.15, -0.1) is 0 Å². The third kappa shape index (κ3) is 3.35. The molecule has 1 aliphatic carbocycles. The number of fused-ring (bicyclic) bond motifs is 5. The van der Waals surface area contributed by atoms with Crippen molar-refractivity contribution < 1.29 is 0 Å². The van der Waals surface area contributed by atoms with Gasteiger partial charge in [-0.05, 0) is 28.5 Å². The SMILES string of the molecule is O=c1[nH]c2c(c3ccccc13)Cc1ccccc1-2.[C-]#CC#CC(C)C. The van der Waals surface area contributed by atoms with Crippen molar-refractivity contribution in [1.29, 1.82) is 0 Å². The number of aromatic amines is 1. The second kappa shape index (κ2) is 7.12. The van der Waals surface area contributed by atoms with Gasteiger partial charge < -0.3 is 11.4 Å². The van der Waals surface area contributed by atoms with Crippen LogP contribution in [0, 0.1) is 30.1 Å². The van der Waals surface area contributed by atoms with Gasteiger partial charge in [0.2, 0.25) is 0 Å². The lowest BCUT2D eigenvalue weighted by atomic mass is 10.0. The van der Waals surface area contributed by atoms with Crippen molar-refractivity contribution in [2.24, 2.45) is 5.92 Å². The monoisotopic (exact) mass is 324 g/mol. The molecule has 0 atom stereocenters. The second-order valence-corrected chi connectivity index (χ2v) is 6.24. The molecular formula is C23H18NO-. The predicted molar refractivity (Wildman–Crippen MR) is 103 cm³/mol. The Balaban J connectivity index is 0.000000225. The molecule has 1 heterocycles. The molecule has 0 aliphatic heterocycles. The highest BCUT2D eigenvalue weighted by atomic mass is 16.1. The fourth-order valence-corrected chi connectivity index (χ4v) is 3.04. The van der Waals surface area contributed by atoms with Crippen molar-refractivity contribution in [2.45, 2.75) is 20.3 Å². The number of hydrogen-bond acceptors (Lipinski definition) is 1. The van der Waals surface area contributed by atoms with E-state index in [0.29, 0.717) is 5.92 Å². The van der Waals surface area contributed by atoms with E-state index in [4.69, 9.17) is 6.42 Å². The van der Waals surface area contributed by atoms with Crippen LogP contribution in [0.2, 0.25) is 0 Å². The van der Waals surface area contributed by atoms with E-state index in [0.717, 1.165) is 28.5 Å². The van der Waals surface area contributed by atoms with Crippen LogP contribution in [-0.4, -0.2) is 4.98 Å². The zero-order chi connectivity index (χ0) is 17.8. The maximum atomic E-state index is 12.1. The van der Waals surface area contributed by atoms with Crippen LogP contribution in [0.15, 0.2) is 53.3 Å². The molecule has 0 saturated heterocycles. The summed E-state index contributed by atoms with van der Waals surface area (Å²) >= 11 is 0. The highest BCUT2D eigenvalue weighted by Gasteiger charge is 2.21. The average molecular weight is 324 g/mol. The smallest absolute Gasteiger partial charge is 0.256 e. The number of benzene rings is 2. The summed E-state index contributed by atoms with van der Waals surface area (Å²) in [4.78, 5) is 15.1. The summed E-state index contributed by atoms with van der Waals surface area (Å²) in [6, 6.07) is 16.1. The zero-order valence-electron chi connectivity index (χ0n) is 14.3. The number of rotatable bonds is 0.